The zero-order valence-corrected chi connectivity index (χ0v) is 9.77. The van der Waals surface area contributed by atoms with E-state index in [0.29, 0.717) is 0 Å². The maximum absolute atomic E-state index is 8.89. The van der Waals surface area contributed by atoms with Gasteiger partial charge in [-0.1, -0.05) is 6.07 Å². The summed E-state index contributed by atoms with van der Waals surface area (Å²) in [6.07, 6.45) is 0. The molecule has 0 fully saturated rings. The van der Waals surface area contributed by atoms with Crippen LogP contribution < -0.4 is 0 Å². The van der Waals surface area contributed by atoms with Crippen LogP contribution >= 0.6 is 11.3 Å². The van der Waals surface area contributed by atoms with E-state index in [2.05, 4.69) is 35.5 Å². The average molecular weight is 208 g/mol. The molecular weight excluding hydrogens is 192 g/mol. The summed E-state index contributed by atoms with van der Waals surface area (Å²) < 4.78 is 0. The van der Waals surface area contributed by atoms with E-state index in [1.54, 1.807) is 11.3 Å². The van der Waals surface area contributed by atoms with Gasteiger partial charge >= 0.3 is 0 Å². The Balaban J connectivity index is 2.45. The van der Waals surface area contributed by atoms with Gasteiger partial charge in [0.15, 0.2) is 0 Å². The Morgan fingerprint density at radius 1 is 1.57 bits per heavy atom. The summed E-state index contributed by atoms with van der Waals surface area (Å²) in [5.74, 6) is 0. The fourth-order valence-electron chi connectivity index (χ4n) is 1.43. The number of hydrogen-bond acceptors (Lipinski definition) is 3. The van der Waals surface area contributed by atoms with Crippen molar-refractivity contribution >= 4 is 11.3 Å². The van der Waals surface area contributed by atoms with Crippen molar-refractivity contribution < 1.29 is 0 Å². The first-order chi connectivity index (χ1) is 6.53. The molecule has 0 aliphatic heterocycles. The number of thiophene rings is 1. The maximum atomic E-state index is 8.89. The van der Waals surface area contributed by atoms with Crippen LogP contribution in [-0.2, 0) is 6.54 Å². The molecule has 0 unspecified atom stereocenters. The molecule has 0 spiro atoms. The van der Waals surface area contributed by atoms with E-state index in [0.717, 1.165) is 13.1 Å². The molecule has 0 atom stereocenters. The van der Waals surface area contributed by atoms with Gasteiger partial charge < -0.3 is 0 Å². The van der Waals surface area contributed by atoms with Gasteiger partial charge in [-0.3, -0.25) is 4.90 Å². The predicted octanol–water partition coefficient (Wildman–Crippen LogP) is 2.73. The van der Waals surface area contributed by atoms with E-state index >= 15 is 0 Å². The fourth-order valence-corrected chi connectivity index (χ4v) is 2.22. The second-order valence-electron chi connectivity index (χ2n) is 4.25. The van der Waals surface area contributed by atoms with E-state index in [9.17, 15) is 0 Å². The molecule has 3 heteroatoms. The molecule has 76 valence electrons. The summed E-state index contributed by atoms with van der Waals surface area (Å²) in [6.45, 7) is 5.68. The molecule has 14 heavy (non-hydrogen) atoms. The zero-order valence-electron chi connectivity index (χ0n) is 8.95. The smallest absolute Gasteiger partial charge is 0.0697 e. The molecule has 0 aromatic carbocycles. The topological polar surface area (TPSA) is 27.0 Å². The van der Waals surface area contributed by atoms with E-state index in [4.69, 9.17) is 5.26 Å². The van der Waals surface area contributed by atoms with Crippen LogP contribution in [0.5, 0.6) is 0 Å². The van der Waals surface area contributed by atoms with Crippen molar-refractivity contribution in [3.63, 3.8) is 0 Å². The number of nitriles is 1. The maximum Gasteiger partial charge on any atom is 0.0697 e. The third kappa shape index (κ3) is 3.49. The van der Waals surface area contributed by atoms with Crippen LogP contribution in [0.25, 0.3) is 0 Å². The van der Waals surface area contributed by atoms with E-state index in [-0.39, 0.29) is 5.41 Å². The van der Waals surface area contributed by atoms with Crippen LogP contribution in [0.4, 0.5) is 0 Å². The van der Waals surface area contributed by atoms with Crippen molar-refractivity contribution in [2.24, 2.45) is 5.41 Å². The molecule has 1 aromatic heterocycles. The van der Waals surface area contributed by atoms with Gasteiger partial charge in [0.2, 0.25) is 0 Å². The summed E-state index contributed by atoms with van der Waals surface area (Å²) in [6, 6.07) is 6.50. The van der Waals surface area contributed by atoms with E-state index in [1.807, 2.05) is 13.8 Å². The Morgan fingerprint density at radius 3 is 2.79 bits per heavy atom. The second-order valence-corrected chi connectivity index (χ2v) is 5.28. The summed E-state index contributed by atoms with van der Waals surface area (Å²) in [5.41, 5.74) is -0.258. The van der Waals surface area contributed by atoms with E-state index in [1.165, 1.54) is 4.88 Å². The van der Waals surface area contributed by atoms with Gasteiger partial charge in [0.05, 0.1) is 11.5 Å². The normalized spacial score (nSPS) is 11.6. The van der Waals surface area contributed by atoms with Crippen LogP contribution in [0.3, 0.4) is 0 Å². The van der Waals surface area contributed by atoms with Gasteiger partial charge in [-0.25, -0.2) is 0 Å². The molecule has 0 amide bonds. The molecule has 0 aliphatic carbocycles. The monoisotopic (exact) mass is 208 g/mol. The Kier molecular flexibility index (Phi) is 3.68. The molecule has 0 radical (unpaired) electrons. The van der Waals surface area contributed by atoms with Crippen molar-refractivity contribution in [3.8, 4) is 6.07 Å². The molecule has 0 N–H and O–H groups in total. The minimum atomic E-state index is -0.258. The minimum absolute atomic E-state index is 0.258. The van der Waals surface area contributed by atoms with Gasteiger partial charge in [-0.2, -0.15) is 5.26 Å². The second kappa shape index (κ2) is 4.59. The van der Waals surface area contributed by atoms with Gasteiger partial charge in [-0.05, 0) is 32.3 Å². The lowest BCUT2D eigenvalue weighted by atomic mass is 9.95. The Bertz CT molecular complexity index is 309. The predicted molar refractivity (Wildman–Crippen MR) is 60.0 cm³/mol. The minimum Gasteiger partial charge on any atom is -0.300 e. The highest BCUT2D eigenvalue weighted by atomic mass is 32.1. The van der Waals surface area contributed by atoms with Crippen molar-refractivity contribution in [3.05, 3.63) is 22.4 Å². The highest BCUT2D eigenvalue weighted by molar-refractivity contribution is 7.09. The quantitative estimate of drug-likeness (QED) is 0.760. The van der Waals surface area contributed by atoms with Crippen LogP contribution in [0.1, 0.15) is 18.7 Å². The van der Waals surface area contributed by atoms with Gasteiger partial charge in [0.1, 0.15) is 0 Å². The van der Waals surface area contributed by atoms with Gasteiger partial charge in [-0.15, -0.1) is 11.3 Å². The standard InChI is InChI=1S/C11H16N2S/c1-11(2,8-12)9-13(3)7-10-5-4-6-14-10/h4-6H,7,9H2,1-3H3. The highest BCUT2D eigenvalue weighted by Gasteiger charge is 2.19. The lowest BCUT2D eigenvalue weighted by Gasteiger charge is -2.23. The molecule has 0 saturated carbocycles. The Morgan fingerprint density at radius 2 is 2.29 bits per heavy atom. The van der Waals surface area contributed by atoms with Crippen LogP contribution in [-0.4, -0.2) is 18.5 Å². The SMILES string of the molecule is CN(Cc1cccs1)CC(C)(C)C#N. The van der Waals surface area contributed by atoms with Crippen LogP contribution in [0.15, 0.2) is 17.5 Å². The summed E-state index contributed by atoms with van der Waals surface area (Å²) in [4.78, 5) is 3.54. The molecule has 0 bridgehead atoms. The lowest BCUT2D eigenvalue weighted by molar-refractivity contribution is 0.250. The van der Waals surface area contributed by atoms with Crippen molar-refractivity contribution in [1.29, 1.82) is 5.26 Å². The number of hydrogen-bond donors (Lipinski definition) is 0. The average Bonchev–Trinajstić information content (AvgIpc) is 2.55. The molecule has 1 rings (SSSR count). The van der Waals surface area contributed by atoms with Crippen molar-refractivity contribution in [2.45, 2.75) is 20.4 Å². The van der Waals surface area contributed by atoms with Crippen LogP contribution in [0.2, 0.25) is 0 Å². The van der Waals surface area contributed by atoms with Crippen molar-refractivity contribution in [2.75, 3.05) is 13.6 Å². The Hall–Kier alpha value is -0.850. The summed E-state index contributed by atoms with van der Waals surface area (Å²) >= 11 is 1.76. The fraction of sp³-hybridized carbons (Fsp3) is 0.545. The lowest BCUT2D eigenvalue weighted by Crippen LogP contribution is -2.29. The van der Waals surface area contributed by atoms with E-state index < -0.39 is 0 Å². The molecule has 0 aliphatic rings. The molecule has 0 saturated heterocycles. The van der Waals surface area contributed by atoms with Gasteiger partial charge in [0.25, 0.3) is 0 Å². The molecule has 2 nitrogen and oxygen atoms in total. The zero-order chi connectivity index (χ0) is 10.6. The summed E-state index contributed by atoms with van der Waals surface area (Å²) in [5, 5.41) is 11.0. The first kappa shape index (κ1) is 11.2. The molecule has 1 heterocycles. The van der Waals surface area contributed by atoms with Gasteiger partial charge in [0, 0.05) is 18.0 Å². The first-order valence-electron chi connectivity index (χ1n) is 4.66. The number of rotatable bonds is 4. The Labute approximate surface area is 89.8 Å². The largest absolute Gasteiger partial charge is 0.300 e. The third-order valence-electron chi connectivity index (χ3n) is 1.97. The molecular formula is C11H16N2S. The first-order valence-corrected chi connectivity index (χ1v) is 5.54. The highest BCUT2D eigenvalue weighted by Crippen LogP contribution is 2.17. The third-order valence-corrected chi connectivity index (χ3v) is 2.83. The van der Waals surface area contributed by atoms with Crippen molar-refractivity contribution in [1.82, 2.24) is 4.90 Å². The number of nitrogens with zero attached hydrogens (tertiary/aromatic N) is 2. The molecule has 1 aromatic rings. The van der Waals surface area contributed by atoms with Crippen LogP contribution in [0, 0.1) is 16.7 Å². The summed E-state index contributed by atoms with van der Waals surface area (Å²) in [7, 11) is 2.05.